The number of rotatable bonds is 11. The lowest BCUT2D eigenvalue weighted by molar-refractivity contribution is -0.139. The summed E-state index contributed by atoms with van der Waals surface area (Å²) < 4.78 is 16.1. The van der Waals surface area contributed by atoms with Crippen molar-refractivity contribution in [2.45, 2.75) is 19.8 Å². The van der Waals surface area contributed by atoms with E-state index in [0.29, 0.717) is 29.3 Å². The van der Waals surface area contributed by atoms with Gasteiger partial charge in [-0.2, -0.15) is 5.10 Å². The molecule has 0 aliphatic carbocycles. The van der Waals surface area contributed by atoms with E-state index in [2.05, 4.69) is 21.2 Å². The van der Waals surface area contributed by atoms with Gasteiger partial charge in [-0.3, -0.25) is 14.4 Å². The van der Waals surface area contributed by atoms with E-state index in [9.17, 15) is 14.4 Å². The lowest BCUT2D eigenvalue weighted by Gasteiger charge is -2.13. The number of methoxy groups -OCH3 is 2. The van der Waals surface area contributed by atoms with Gasteiger partial charge >= 0.3 is 11.8 Å². The summed E-state index contributed by atoms with van der Waals surface area (Å²) in [6, 6.07) is 11.9. The van der Waals surface area contributed by atoms with E-state index in [1.54, 1.807) is 49.6 Å². The fourth-order valence-corrected chi connectivity index (χ4v) is 2.63. The van der Waals surface area contributed by atoms with Crippen molar-refractivity contribution < 1.29 is 28.6 Å². The molecule has 3 amide bonds. The first-order chi connectivity index (χ1) is 16.0. The molecule has 0 heterocycles. The topological polar surface area (TPSA) is 127 Å². The van der Waals surface area contributed by atoms with E-state index < -0.39 is 11.8 Å². The van der Waals surface area contributed by atoms with Gasteiger partial charge in [-0.15, -0.1) is 0 Å². The maximum absolute atomic E-state index is 12.3. The van der Waals surface area contributed by atoms with Crippen LogP contribution in [0.2, 0.25) is 0 Å². The van der Waals surface area contributed by atoms with Gasteiger partial charge in [0, 0.05) is 17.8 Å². The molecular weight excluding hydrogens is 428 g/mol. The van der Waals surface area contributed by atoms with Crippen molar-refractivity contribution >= 4 is 29.6 Å². The number of anilines is 1. The van der Waals surface area contributed by atoms with Crippen LogP contribution in [0.3, 0.4) is 0 Å². The van der Waals surface area contributed by atoms with Crippen LogP contribution in [-0.4, -0.2) is 51.3 Å². The first-order valence-corrected chi connectivity index (χ1v) is 10.3. The summed E-state index contributed by atoms with van der Waals surface area (Å²) in [5.41, 5.74) is 3.19. The van der Waals surface area contributed by atoms with E-state index in [-0.39, 0.29) is 18.3 Å². The van der Waals surface area contributed by atoms with Crippen molar-refractivity contribution in [2.24, 2.45) is 5.10 Å². The third-order valence-electron chi connectivity index (χ3n) is 4.34. The summed E-state index contributed by atoms with van der Waals surface area (Å²) in [5, 5.41) is 9.02. The highest BCUT2D eigenvalue weighted by Crippen LogP contribution is 2.30. The van der Waals surface area contributed by atoms with E-state index in [0.717, 1.165) is 12.8 Å². The molecule has 3 N–H and O–H groups in total. The summed E-state index contributed by atoms with van der Waals surface area (Å²) in [4.78, 5) is 35.8. The van der Waals surface area contributed by atoms with Gasteiger partial charge in [0.25, 0.3) is 5.91 Å². The molecule has 0 bridgehead atoms. The van der Waals surface area contributed by atoms with E-state index in [1.165, 1.54) is 13.3 Å². The van der Waals surface area contributed by atoms with Crippen LogP contribution in [0.5, 0.6) is 17.2 Å². The molecule has 0 spiro atoms. The molecule has 176 valence electrons. The Morgan fingerprint density at radius 1 is 1.00 bits per heavy atom. The Morgan fingerprint density at radius 3 is 2.42 bits per heavy atom. The number of hydrogen-bond acceptors (Lipinski definition) is 7. The number of nitrogens with one attached hydrogen (secondary N) is 3. The number of benzene rings is 2. The minimum Gasteiger partial charge on any atom is -0.497 e. The van der Waals surface area contributed by atoms with Gasteiger partial charge in [-0.1, -0.05) is 19.4 Å². The predicted octanol–water partition coefficient (Wildman–Crippen LogP) is 2.09. The molecule has 0 unspecified atom stereocenters. The molecule has 10 nitrogen and oxygen atoms in total. The highest BCUT2D eigenvalue weighted by Gasteiger charge is 2.14. The Morgan fingerprint density at radius 2 is 1.76 bits per heavy atom. The Kier molecular flexibility index (Phi) is 10.2. The zero-order valence-corrected chi connectivity index (χ0v) is 18.8. The van der Waals surface area contributed by atoms with Gasteiger partial charge in [0.05, 0.1) is 20.4 Å². The largest absolute Gasteiger partial charge is 0.497 e. The monoisotopic (exact) mass is 456 g/mol. The Bertz CT molecular complexity index is 975. The Labute approximate surface area is 192 Å². The molecule has 0 aromatic heterocycles. The molecule has 33 heavy (non-hydrogen) atoms. The van der Waals surface area contributed by atoms with Gasteiger partial charge in [0.2, 0.25) is 0 Å². The molecule has 0 aliphatic heterocycles. The summed E-state index contributed by atoms with van der Waals surface area (Å²) in [7, 11) is 3.02. The molecule has 0 fully saturated rings. The molecule has 2 aromatic rings. The van der Waals surface area contributed by atoms with Gasteiger partial charge in [-0.25, -0.2) is 5.43 Å². The second-order valence-electron chi connectivity index (χ2n) is 6.75. The van der Waals surface area contributed by atoms with Crippen LogP contribution in [0.1, 0.15) is 25.3 Å². The maximum atomic E-state index is 12.3. The van der Waals surface area contributed by atoms with Crippen LogP contribution in [0.25, 0.3) is 0 Å². The van der Waals surface area contributed by atoms with Crippen LogP contribution < -0.4 is 30.3 Å². The molecule has 2 aromatic carbocycles. The SMILES string of the molecule is CCCCNC(=O)C(=O)N/N=C\c1cccc(OC)c1OCC(=O)Nc1ccc(OC)cc1. The van der Waals surface area contributed by atoms with Crippen molar-refractivity contribution in [3.05, 3.63) is 48.0 Å². The molecule has 0 radical (unpaired) electrons. The minimum absolute atomic E-state index is 0.260. The third-order valence-corrected chi connectivity index (χ3v) is 4.34. The number of carbonyl (C=O) groups excluding carboxylic acids is 3. The van der Waals surface area contributed by atoms with Gasteiger partial charge in [0.1, 0.15) is 5.75 Å². The fourth-order valence-electron chi connectivity index (χ4n) is 2.63. The zero-order valence-electron chi connectivity index (χ0n) is 18.8. The van der Waals surface area contributed by atoms with Crippen molar-refractivity contribution in [3.63, 3.8) is 0 Å². The molecule has 0 aliphatic rings. The first kappa shape index (κ1) is 25.2. The normalized spacial score (nSPS) is 10.4. The number of nitrogens with zero attached hydrogens (tertiary/aromatic N) is 1. The number of para-hydroxylation sites is 1. The molecule has 0 atom stereocenters. The van der Waals surface area contributed by atoms with E-state index in [4.69, 9.17) is 14.2 Å². The number of unbranched alkanes of at least 4 members (excludes halogenated alkanes) is 1. The average molecular weight is 456 g/mol. The van der Waals surface area contributed by atoms with Crippen molar-refractivity contribution in [3.8, 4) is 17.2 Å². The molecule has 2 rings (SSSR count). The summed E-state index contributed by atoms with van der Waals surface area (Å²) in [6.07, 6.45) is 2.98. The van der Waals surface area contributed by atoms with Crippen LogP contribution in [-0.2, 0) is 14.4 Å². The van der Waals surface area contributed by atoms with Crippen LogP contribution in [0.4, 0.5) is 5.69 Å². The number of carbonyl (C=O) groups is 3. The molecular formula is C23H28N4O6. The molecule has 0 saturated heterocycles. The minimum atomic E-state index is -0.883. The second-order valence-corrected chi connectivity index (χ2v) is 6.75. The lowest BCUT2D eigenvalue weighted by Crippen LogP contribution is -2.38. The number of hydrazone groups is 1. The first-order valence-electron chi connectivity index (χ1n) is 10.3. The van der Waals surface area contributed by atoms with Crippen molar-refractivity contribution in [2.75, 3.05) is 32.7 Å². The Hall–Kier alpha value is -4.08. The average Bonchev–Trinajstić information content (AvgIpc) is 2.83. The quantitative estimate of drug-likeness (QED) is 0.206. The Balaban J connectivity index is 1.99. The maximum Gasteiger partial charge on any atom is 0.329 e. The highest BCUT2D eigenvalue weighted by molar-refractivity contribution is 6.35. The van der Waals surface area contributed by atoms with Crippen molar-refractivity contribution in [1.29, 1.82) is 0 Å². The zero-order chi connectivity index (χ0) is 24.1. The summed E-state index contributed by atoms with van der Waals surface area (Å²) in [5.74, 6) is -0.724. The molecule has 10 heteroatoms. The van der Waals surface area contributed by atoms with Crippen LogP contribution in [0, 0.1) is 0 Å². The third kappa shape index (κ3) is 8.17. The molecule has 0 saturated carbocycles. The van der Waals surface area contributed by atoms with Gasteiger partial charge in [0.15, 0.2) is 18.1 Å². The fraction of sp³-hybridized carbons (Fsp3) is 0.304. The highest BCUT2D eigenvalue weighted by atomic mass is 16.5. The summed E-state index contributed by atoms with van der Waals surface area (Å²) in [6.45, 7) is 2.10. The summed E-state index contributed by atoms with van der Waals surface area (Å²) >= 11 is 0. The number of ether oxygens (including phenoxy) is 3. The second kappa shape index (κ2) is 13.4. The van der Waals surface area contributed by atoms with Crippen LogP contribution in [0.15, 0.2) is 47.6 Å². The van der Waals surface area contributed by atoms with E-state index in [1.807, 2.05) is 6.92 Å². The number of amides is 3. The van der Waals surface area contributed by atoms with Crippen LogP contribution >= 0.6 is 0 Å². The standard InChI is InChI=1S/C23H28N4O6/c1-4-5-13-24-22(29)23(30)27-25-14-16-7-6-8-19(32-3)21(16)33-15-20(28)26-17-9-11-18(31-2)12-10-17/h6-12,14H,4-5,13,15H2,1-3H3,(H,24,29)(H,26,28)(H,27,30)/b25-14-. The number of hydrogen-bond donors (Lipinski definition) is 3. The lowest BCUT2D eigenvalue weighted by atomic mass is 10.2. The predicted molar refractivity (Wildman–Crippen MR) is 124 cm³/mol. The van der Waals surface area contributed by atoms with E-state index >= 15 is 0 Å². The van der Waals surface area contributed by atoms with Gasteiger partial charge < -0.3 is 24.8 Å². The van der Waals surface area contributed by atoms with Crippen molar-refractivity contribution in [1.82, 2.24) is 10.7 Å². The van der Waals surface area contributed by atoms with Gasteiger partial charge in [-0.05, 0) is 42.8 Å². The smallest absolute Gasteiger partial charge is 0.329 e.